The summed E-state index contributed by atoms with van der Waals surface area (Å²) in [7, 11) is 0. The molecular weight excluding hydrogens is 386 g/mol. The van der Waals surface area contributed by atoms with E-state index >= 15 is 0 Å². The first-order valence-electron chi connectivity index (χ1n) is 10.2. The molecule has 3 N–H and O–H groups in total. The zero-order valence-electron chi connectivity index (χ0n) is 17.4. The fourth-order valence-electron chi connectivity index (χ4n) is 4.08. The van der Waals surface area contributed by atoms with Crippen LogP contribution in [0, 0.1) is 13.8 Å². The van der Waals surface area contributed by atoms with Crippen molar-refractivity contribution in [3.05, 3.63) is 41.3 Å². The molecule has 9 heteroatoms. The van der Waals surface area contributed by atoms with E-state index in [0.29, 0.717) is 26.1 Å². The maximum Gasteiger partial charge on any atom is 0.328 e. The number of aromatic nitrogens is 1. The van der Waals surface area contributed by atoms with Gasteiger partial charge < -0.3 is 19.9 Å². The average molecular weight is 413 g/mol. The van der Waals surface area contributed by atoms with Crippen LogP contribution in [0.25, 0.3) is 11.1 Å². The third-order valence-electron chi connectivity index (χ3n) is 5.65. The lowest BCUT2D eigenvalue weighted by Crippen LogP contribution is -2.70. The third kappa shape index (κ3) is 4.03. The van der Waals surface area contributed by atoms with Gasteiger partial charge in [-0.25, -0.2) is 14.5 Å². The molecule has 2 aliphatic rings. The first-order chi connectivity index (χ1) is 14.4. The van der Waals surface area contributed by atoms with E-state index in [-0.39, 0.29) is 24.1 Å². The molecule has 0 saturated carbocycles. The van der Waals surface area contributed by atoms with Crippen LogP contribution in [0.15, 0.2) is 28.8 Å². The minimum atomic E-state index is -0.654. The molecule has 9 nitrogen and oxygen atoms in total. The smallest absolute Gasteiger partial charge is 0.328 e. The van der Waals surface area contributed by atoms with E-state index < -0.39 is 6.29 Å². The molecule has 4 rings (SSSR count). The van der Waals surface area contributed by atoms with E-state index in [1.807, 2.05) is 39.0 Å². The van der Waals surface area contributed by atoms with Crippen molar-refractivity contribution in [1.82, 2.24) is 26.0 Å². The zero-order valence-corrected chi connectivity index (χ0v) is 17.4. The van der Waals surface area contributed by atoms with Crippen LogP contribution in [-0.2, 0) is 4.74 Å². The van der Waals surface area contributed by atoms with Gasteiger partial charge in [0.15, 0.2) is 6.29 Å². The third-order valence-corrected chi connectivity index (χ3v) is 5.65. The summed E-state index contributed by atoms with van der Waals surface area (Å²) >= 11 is 0. The Morgan fingerprint density at radius 2 is 1.87 bits per heavy atom. The van der Waals surface area contributed by atoms with Crippen molar-refractivity contribution in [3.63, 3.8) is 0 Å². The molecule has 0 bridgehead atoms. The van der Waals surface area contributed by atoms with Crippen LogP contribution in [0.4, 0.5) is 9.59 Å². The largest absolute Gasteiger partial charge is 0.381 e. The van der Waals surface area contributed by atoms with Crippen molar-refractivity contribution in [2.45, 2.75) is 52.0 Å². The Bertz CT molecular complexity index is 900. The van der Waals surface area contributed by atoms with Gasteiger partial charge in [-0.3, -0.25) is 5.32 Å². The molecule has 2 fully saturated rings. The predicted molar refractivity (Wildman–Crippen MR) is 109 cm³/mol. The van der Waals surface area contributed by atoms with Crippen LogP contribution in [0.2, 0.25) is 0 Å². The van der Waals surface area contributed by atoms with E-state index in [1.54, 1.807) is 0 Å². The Morgan fingerprint density at radius 3 is 2.50 bits per heavy atom. The molecule has 1 aromatic heterocycles. The molecule has 30 heavy (non-hydrogen) atoms. The zero-order chi connectivity index (χ0) is 21.3. The van der Waals surface area contributed by atoms with E-state index in [1.165, 1.54) is 4.90 Å². The summed E-state index contributed by atoms with van der Waals surface area (Å²) in [5.74, 6) is 0.769. The molecule has 2 aromatic rings. The monoisotopic (exact) mass is 413 g/mol. The molecule has 0 unspecified atom stereocenters. The van der Waals surface area contributed by atoms with Crippen molar-refractivity contribution in [2.75, 3.05) is 13.2 Å². The number of hydrogen-bond donors (Lipinski definition) is 3. The van der Waals surface area contributed by atoms with E-state index in [4.69, 9.17) is 9.26 Å². The van der Waals surface area contributed by atoms with E-state index in [0.717, 1.165) is 28.1 Å². The standard InChI is InChI=1S/C21H27N5O4/c1-12(15-5-4-6-16(11-15)18-13(2)25-30-14(18)3)22-19-23-20(27)26(21(28)24-19)17-7-9-29-10-8-17/h4-6,11-12,17,19,22H,7-10H2,1-3H3,(H,23,27)(H,24,28)/t12-/m0/s1. The number of ether oxygens (including phenoxy) is 1. The molecule has 0 radical (unpaired) electrons. The van der Waals surface area contributed by atoms with Crippen molar-refractivity contribution < 1.29 is 18.8 Å². The Kier molecular flexibility index (Phi) is 5.74. The van der Waals surface area contributed by atoms with Crippen LogP contribution in [-0.4, -0.2) is 47.7 Å². The van der Waals surface area contributed by atoms with Gasteiger partial charge in [-0.05, 0) is 50.8 Å². The first-order valence-corrected chi connectivity index (χ1v) is 10.2. The van der Waals surface area contributed by atoms with Crippen molar-refractivity contribution in [3.8, 4) is 11.1 Å². The van der Waals surface area contributed by atoms with Crippen LogP contribution < -0.4 is 16.0 Å². The van der Waals surface area contributed by atoms with Crippen molar-refractivity contribution in [1.29, 1.82) is 0 Å². The Morgan fingerprint density at radius 1 is 1.17 bits per heavy atom. The normalized spacial score (nSPS) is 19.5. The highest BCUT2D eigenvalue weighted by molar-refractivity contribution is 5.96. The number of amides is 4. The predicted octanol–water partition coefficient (Wildman–Crippen LogP) is 2.81. The number of carbonyl (C=O) groups excluding carboxylic acids is 2. The van der Waals surface area contributed by atoms with Crippen LogP contribution in [0.5, 0.6) is 0 Å². The van der Waals surface area contributed by atoms with Gasteiger partial charge in [0.1, 0.15) is 5.76 Å². The summed E-state index contributed by atoms with van der Waals surface area (Å²) in [6.07, 6.45) is 0.659. The molecular formula is C21H27N5O4. The van der Waals surface area contributed by atoms with Gasteiger partial charge in [0.2, 0.25) is 0 Å². The topological polar surface area (TPSA) is 109 Å². The molecule has 0 spiro atoms. The number of benzene rings is 1. The highest BCUT2D eigenvalue weighted by Gasteiger charge is 2.37. The Hall–Kier alpha value is -2.91. The van der Waals surface area contributed by atoms with Gasteiger partial charge in [-0.1, -0.05) is 23.4 Å². The number of hydrogen-bond acceptors (Lipinski definition) is 6. The number of nitrogens with zero attached hydrogens (tertiary/aromatic N) is 2. The van der Waals surface area contributed by atoms with E-state index in [2.05, 4.69) is 27.2 Å². The summed E-state index contributed by atoms with van der Waals surface area (Å²) in [5.41, 5.74) is 3.85. The van der Waals surface area contributed by atoms with Crippen LogP contribution in [0.1, 0.15) is 42.8 Å². The lowest BCUT2D eigenvalue weighted by molar-refractivity contribution is 0.0492. The maximum absolute atomic E-state index is 12.6. The first kappa shape index (κ1) is 20.4. The number of imide groups is 1. The Labute approximate surface area is 175 Å². The summed E-state index contributed by atoms with van der Waals surface area (Å²) in [4.78, 5) is 26.4. The van der Waals surface area contributed by atoms with Gasteiger partial charge in [0.25, 0.3) is 0 Å². The highest BCUT2D eigenvalue weighted by atomic mass is 16.5. The van der Waals surface area contributed by atoms with Gasteiger partial charge in [0.05, 0.1) is 5.69 Å². The maximum atomic E-state index is 12.6. The SMILES string of the molecule is Cc1noc(C)c1-c1cccc([C@H](C)NC2NC(=O)N(C3CCOCC3)C(=O)N2)c1. The van der Waals surface area contributed by atoms with Crippen molar-refractivity contribution >= 4 is 12.1 Å². The minimum absolute atomic E-state index is 0.120. The molecule has 4 amide bonds. The lowest BCUT2D eigenvalue weighted by atomic mass is 9.99. The van der Waals surface area contributed by atoms with Gasteiger partial charge in [0, 0.05) is 30.9 Å². The van der Waals surface area contributed by atoms with Gasteiger partial charge in [-0.2, -0.15) is 0 Å². The second-order valence-electron chi connectivity index (χ2n) is 7.76. The summed E-state index contributed by atoms with van der Waals surface area (Å²) in [5, 5.41) is 13.0. The number of urea groups is 2. The molecule has 2 saturated heterocycles. The molecule has 1 aromatic carbocycles. The lowest BCUT2D eigenvalue weighted by Gasteiger charge is -2.39. The van der Waals surface area contributed by atoms with Crippen LogP contribution >= 0.6 is 0 Å². The number of aryl methyl sites for hydroxylation is 2. The fourth-order valence-corrected chi connectivity index (χ4v) is 4.08. The Balaban J connectivity index is 1.43. The second kappa shape index (κ2) is 8.45. The van der Waals surface area contributed by atoms with E-state index in [9.17, 15) is 9.59 Å². The second-order valence-corrected chi connectivity index (χ2v) is 7.76. The summed E-state index contributed by atoms with van der Waals surface area (Å²) in [6.45, 7) is 6.90. The molecule has 2 aliphatic heterocycles. The molecule has 160 valence electrons. The number of rotatable bonds is 5. The highest BCUT2D eigenvalue weighted by Crippen LogP contribution is 2.29. The molecule has 3 heterocycles. The molecule has 0 aliphatic carbocycles. The molecule has 1 atom stereocenters. The summed E-state index contributed by atoms with van der Waals surface area (Å²) in [6, 6.07) is 7.01. The number of nitrogens with one attached hydrogen (secondary N) is 3. The number of carbonyl (C=O) groups is 2. The van der Waals surface area contributed by atoms with Crippen LogP contribution in [0.3, 0.4) is 0 Å². The van der Waals surface area contributed by atoms with Gasteiger partial charge >= 0.3 is 12.1 Å². The van der Waals surface area contributed by atoms with Gasteiger partial charge in [-0.15, -0.1) is 0 Å². The minimum Gasteiger partial charge on any atom is -0.381 e. The average Bonchev–Trinajstić information content (AvgIpc) is 3.06. The fraction of sp³-hybridized carbons (Fsp3) is 0.476. The summed E-state index contributed by atoms with van der Waals surface area (Å²) < 4.78 is 10.6. The van der Waals surface area contributed by atoms with Crippen molar-refractivity contribution in [2.24, 2.45) is 0 Å². The quantitative estimate of drug-likeness (QED) is 0.696.